The molecule has 1 saturated heterocycles. The van der Waals surface area contributed by atoms with E-state index in [2.05, 4.69) is 15.6 Å². The van der Waals surface area contributed by atoms with Gasteiger partial charge in [-0.3, -0.25) is 14.4 Å². The molecule has 0 saturated carbocycles. The molecule has 0 radical (unpaired) electrons. The maximum Gasteiger partial charge on any atom is 0.251 e. The highest BCUT2D eigenvalue weighted by Crippen LogP contribution is 2.23. The fraction of sp³-hybridized carbons (Fsp3) is 0.217. The molecule has 4 rings (SSSR count). The summed E-state index contributed by atoms with van der Waals surface area (Å²) in [5, 5.41) is 8.38. The van der Waals surface area contributed by atoms with Gasteiger partial charge in [0.25, 0.3) is 5.91 Å². The van der Waals surface area contributed by atoms with Crippen molar-refractivity contribution in [1.82, 2.24) is 10.3 Å². The summed E-state index contributed by atoms with van der Waals surface area (Å²) in [4.78, 5) is 42.5. The van der Waals surface area contributed by atoms with Crippen molar-refractivity contribution in [3.63, 3.8) is 0 Å². The smallest absolute Gasteiger partial charge is 0.251 e. The molecule has 1 fully saturated rings. The lowest BCUT2D eigenvalue weighted by atomic mass is 10.1. The minimum Gasteiger partial charge on any atom is -0.343 e. The van der Waals surface area contributed by atoms with Gasteiger partial charge in [-0.15, -0.1) is 11.3 Å². The Morgan fingerprint density at radius 2 is 1.84 bits per heavy atom. The van der Waals surface area contributed by atoms with Crippen LogP contribution in [0.15, 0.2) is 53.9 Å². The van der Waals surface area contributed by atoms with E-state index in [0.717, 1.165) is 28.4 Å². The standard InChI is InChI=1S/C23H22N4O3S/c1-15-25-20(14-31-15)16-4-8-18(9-5-16)26-21(28)13-24-23(30)17-6-10-19(11-7-17)27-12-2-3-22(27)29/h4-11,14H,2-3,12-13H2,1H3,(H,24,30)(H,26,28). The summed E-state index contributed by atoms with van der Waals surface area (Å²) in [6.45, 7) is 2.52. The lowest BCUT2D eigenvalue weighted by Gasteiger charge is -2.15. The van der Waals surface area contributed by atoms with E-state index >= 15 is 0 Å². The van der Waals surface area contributed by atoms with Crippen LogP contribution in [0.4, 0.5) is 11.4 Å². The number of nitrogens with one attached hydrogen (secondary N) is 2. The van der Waals surface area contributed by atoms with Crippen LogP contribution in [0.25, 0.3) is 11.3 Å². The van der Waals surface area contributed by atoms with Gasteiger partial charge in [0.2, 0.25) is 11.8 Å². The van der Waals surface area contributed by atoms with E-state index in [-0.39, 0.29) is 24.3 Å². The summed E-state index contributed by atoms with van der Waals surface area (Å²) in [6.07, 6.45) is 1.41. The molecule has 31 heavy (non-hydrogen) atoms. The molecule has 8 heteroatoms. The van der Waals surface area contributed by atoms with E-state index in [4.69, 9.17) is 0 Å². The lowest BCUT2D eigenvalue weighted by molar-refractivity contribution is -0.117. The van der Waals surface area contributed by atoms with Gasteiger partial charge in [-0.25, -0.2) is 4.98 Å². The largest absolute Gasteiger partial charge is 0.343 e. The van der Waals surface area contributed by atoms with Gasteiger partial charge in [0.15, 0.2) is 0 Å². The normalized spacial score (nSPS) is 13.3. The van der Waals surface area contributed by atoms with Crippen molar-refractivity contribution in [2.75, 3.05) is 23.3 Å². The van der Waals surface area contributed by atoms with Crippen LogP contribution in [0.1, 0.15) is 28.2 Å². The molecule has 2 aromatic carbocycles. The van der Waals surface area contributed by atoms with Gasteiger partial charge in [-0.05, 0) is 49.7 Å². The Hall–Kier alpha value is -3.52. The molecule has 0 atom stereocenters. The molecule has 3 aromatic rings. The molecule has 0 unspecified atom stereocenters. The number of rotatable bonds is 6. The van der Waals surface area contributed by atoms with E-state index < -0.39 is 0 Å². The van der Waals surface area contributed by atoms with Gasteiger partial charge < -0.3 is 15.5 Å². The Bertz CT molecular complexity index is 1110. The molecular weight excluding hydrogens is 412 g/mol. The summed E-state index contributed by atoms with van der Waals surface area (Å²) in [6, 6.07) is 14.2. The first kappa shape index (κ1) is 20.7. The maximum atomic E-state index is 12.3. The molecule has 0 bridgehead atoms. The monoisotopic (exact) mass is 434 g/mol. The van der Waals surface area contributed by atoms with Crippen molar-refractivity contribution in [2.24, 2.45) is 0 Å². The number of carbonyl (C=O) groups excluding carboxylic acids is 3. The highest BCUT2D eigenvalue weighted by Gasteiger charge is 2.21. The number of aromatic nitrogens is 1. The second-order valence-corrected chi connectivity index (χ2v) is 8.32. The van der Waals surface area contributed by atoms with Crippen LogP contribution >= 0.6 is 11.3 Å². The first-order chi connectivity index (χ1) is 15.0. The fourth-order valence-electron chi connectivity index (χ4n) is 3.40. The molecular formula is C23H22N4O3S. The molecule has 7 nitrogen and oxygen atoms in total. The summed E-state index contributed by atoms with van der Waals surface area (Å²) in [5.74, 6) is -0.558. The highest BCUT2D eigenvalue weighted by molar-refractivity contribution is 7.09. The van der Waals surface area contributed by atoms with E-state index in [0.29, 0.717) is 24.2 Å². The maximum absolute atomic E-state index is 12.3. The second kappa shape index (κ2) is 9.09. The van der Waals surface area contributed by atoms with Crippen molar-refractivity contribution >= 4 is 40.4 Å². The molecule has 0 aliphatic carbocycles. The summed E-state index contributed by atoms with van der Waals surface area (Å²) in [5.41, 5.74) is 3.76. The number of hydrogen-bond acceptors (Lipinski definition) is 5. The predicted octanol–water partition coefficient (Wildman–Crippen LogP) is 3.61. The molecule has 2 N–H and O–H groups in total. The zero-order valence-electron chi connectivity index (χ0n) is 17.1. The van der Waals surface area contributed by atoms with Gasteiger partial charge >= 0.3 is 0 Å². The Kier molecular flexibility index (Phi) is 6.08. The van der Waals surface area contributed by atoms with Crippen molar-refractivity contribution in [3.8, 4) is 11.3 Å². The van der Waals surface area contributed by atoms with Gasteiger partial charge in [0.05, 0.1) is 17.2 Å². The number of nitrogens with zero attached hydrogens (tertiary/aromatic N) is 2. The number of anilines is 2. The van der Waals surface area contributed by atoms with Crippen LogP contribution in [0, 0.1) is 6.92 Å². The van der Waals surface area contributed by atoms with Crippen LogP contribution in [-0.2, 0) is 9.59 Å². The van der Waals surface area contributed by atoms with E-state index in [1.165, 1.54) is 0 Å². The van der Waals surface area contributed by atoms with E-state index in [9.17, 15) is 14.4 Å². The van der Waals surface area contributed by atoms with Crippen LogP contribution in [0.3, 0.4) is 0 Å². The van der Waals surface area contributed by atoms with Gasteiger partial charge in [-0.1, -0.05) is 12.1 Å². The fourth-order valence-corrected chi connectivity index (χ4v) is 4.02. The third-order valence-corrected chi connectivity index (χ3v) is 5.78. The Morgan fingerprint density at radius 1 is 1.10 bits per heavy atom. The van der Waals surface area contributed by atoms with E-state index in [1.807, 2.05) is 36.6 Å². The number of benzene rings is 2. The first-order valence-corrected chi connectivity index (χ1v) is 10.9. The molecule has 1 aliphatic rings. The zero-order chi connectivity index (χ0) is 21.8. The molecule has 0 spiro atoms. The average molecular weight is 435 g/mol. The van der Waals surface area contributed by atoms with Crippen LogP contribution < -0.4 is 15.5 Å². The molecule has 3 amide bonds. The van der Waals surface area contributed by atoms with Crippen LogP contribution in [0.5, 0.6) is 0 Å². The Labute approximate surface area is 184 Å². The van der Waals surface area contributed by atoms with Crippen molar-refractivity contribution in [2.45, 2.75) is 19.8 Å². The Morgan fingerprint density at radius 3 is 2.45 bits per heavy atom. The highest BCUT2D eigenvalue weighted by atomic mass is 32.1. The van der Waals surface area contributed by atoms with Crippen LogP contribution in [-0.4, -0.2) is 35.8 Å². The number of thiazole rings is 1. The van der Waals surface area contributed by atoms with Gasteiger partial charge in [0.1, 0.15) is 0 Å². The third kappa shape index (κ3) is 4.97. The second-order valence-electron chi connectivity index (χ2n) is 7.26. The zero-order valence-corrected chi connectivity index (χ0v) is 17.9. The molecule has 1 aliphatic heterocycles. The summed E-state index contributed by atoms with van der Waals surface area (Å²) < 4.78 is 0. The average Bonchev–Trinajstić information content (AvgIpc) is 3.41. The van der Waals surface area contributed by atoms with Crippen LogP contribution in [0.2, 0.25) is 0 Å². The van der Waals surface area contributed by atoms with E-state index in [1.54, 1.807) is 40.5 Å². The number of hydrogen-bond donors (Lipinski definition) is 2. The van der Waals surface area contributed by atoms with Gasteiger partial charge in [0, 0.05) is 40.8 Å². The SMILES string of the molecule is Cc1nc(-c2ccc(NC(=O)CNC(=O)c3ccc(N4CCCC4=O)cc3)cc2)cs1. The van der Waals surface area contributed by atoms with Crippen molar-refractivity contribution in [1.29, 1.82) is 0 Å². The quantitative estimate of drug-likeness (QED) is 0.620. The Balaban J connectivity index is 1.28. The number of amides is 3. The summed E-state index contributed by atoms with van der Waals surface area (Å²) >= 11 is 1.59. The number of carbonyl (C=O) groups is 3. The molecule has 1 aromatic heterocycles. The summed E-state index contributed by atoms with van der Waals surface area (Å²) in [7, 11) is 0. The molecule has 2 heterocycles. The van der Waals surface area contributed by atoms with Crippen molar-refractivity contribution in [3.05, 3.63) is 64.5 Å². The topological polar surface area (TPSA) is 91.4 Å². The van der Waals surface area contributed by atoms with Crippen molar-refractivity contribution < 1.29 is 14.4 Å². The minimum absolute atomic E-state index is 0.101. The number of aryl methyl sites for hydroxylation is 1. The predicted molar refractivity (Wildman–Crippen MR) is 121 cm³/mol. The molecule has 158 valence electrons. The minimum atomic E-state index is -0.344. The lowest BCUT2D eigenvalue weighted by Crippen LogP contribution is -2.32. The third-order valence-electron chi connectivity index (χ3n) is 5.01. The first-order valence-electron chi connectivity index (χ1n) is 10.0. The van der Waals surface area contributed by atoms with Gasteiger partial charge in [-0.2, -0.15) is 0 Å².